The van der Waals surface area contributed by atoms with Gasteiger partial charge in [-0.3, -0.25) is 4.79 Å². The van der Waals surface area contributed by atoms with Gasteiger partial charge in [0.1, 0.15) is 0 Å². The third-order valence-corrected chi connectivity index (χ3v) is 7.04. The van der Waals surface area contributed by atoms with Crippen molar-refractivity contribution in [1.29, 1.82) is 0 Å². The molecule has 1 saturated heterocycles. The van der Waals surface area contributed by atoms with E-state index in [9.17, 15) is 4.79 Å². The molecule has 1 atom stereocenters. The minimum Gasteiger partial charge on any atom is -0.336 e. The molecule has 0 unspecified atom stereocenters. The zero-order valence-corrected chi connectivity index (χ0v) is 19.4. The molecule has 164 valence electrons. The zero-order valence-electron chi connectivity index (χ0n) is 18.6. The summed E-state index contributed by atoms with van der Waals surface area (Å²) in [6.07, 6.45) is 2.69. The molecule has 0 spiro atoms. The van der Waals surface area contributed by atoms with E-state index in [2.05, 4.69) is 43.2 Å². The summed E-state index contributed by atoms with van der Waals surface area (Å²) in [5.41, 5.74) is 9.10. The Balaban J connectivity index is 1.49. The van der Waals surface area contributed by atoms with Crippen LogP contribution in [0.3, 0.4) is 0 Å². The largest absolute Gasteiger partial charge is 0.336 e. The maximum absolute atomic E-state index is 13.0. The lowest BCUT2D eigenvalue weighted by molar-refractivity contribution is 0.0795. The molecule has 6 nitrogen and oxygen atoms in total. The van der Waals surface area contributed by atoms with Gasteiger partial charge in [-0.05, 0) is 47.7 Å². The number of anilines is 2. The van der Waals surface area contributed by atoms with Gasteiger partial charge in [0.2, 0.25) is 5.95 Å². The van der Waals surface area contributed by atoms with Gasteiger partial charge < -0.3 is 16.0 Å². The number of carbonyl (C=O) groups excluding carboxylic acids is 1. The quantitative estimate of drug-likeness (QED) is 0.461. The number of likely N-dealkylation sites (tertiary alicyclic amines) is 1. The van der Waals surface area contributed by atoms with E-state index < -0.39 is 0 Å². The number of carbonyl (C=O) groups is 1. The van der Waals surface area contributed by atoms with Crippen LogP contribution in [0.5, 0.6) is 0 Å². The Kier molecular flexibility index (Phi) is 5.10. The summed E-state index contributed by atoms with van der Waals surface area (Å²) in [4.78, 5) is 24.9. The number of hydrogen-bond acceptors (Lipinski definition) is 6. The minimum atomic E-state index is 0.0544. The first-order valence-corrected chi connectivity index (χ1v) is 11.7. The van der Waals surface area contributed by atoms with Crippen LogP contribution in [0, 0.1) is 0 Å². The van der Waals surface area contributed by atoms with Crippen molar-refractivity contribution in [2.24, 2.45) is 5.73 Å². The van der Waals surface area contributed by atoms with Crippen LogP contribution in [0.25, 0.3) is 21.0 Å². The van der Waals surface area contributed by atoms with E-state index in [4.69, 9.17) is 10.7 Å². The summed E-state index contributed by atoms with van der Waals surface area (Å²) < 4.78 is 1.05. The molecule has 7 heteroatoms. The summed E-state index contributed by atoms with van der Waals surface area (Å²) in [5.74, 6) is 0.597. The van der Waals surface area contributed by atoms with Gasteiger partial charge in [-0.1, -0.05) is 32.9 Å². The van der Waals surface area contributed by atoms with Crippen LogP contribution < -0.4 is 11.1 Å². The monoisotopic (exact) mass is 445 g/mol. The van der Waals surface area contributed by atoms with Gasteiger partial charge in [-0.25, -0.2) is 9.97 Å². The van der Waals surface area contributed by atoms with E-state index >= 15 is 0 Å². The first-order chi connectivity index (χ1) is 15.3. The Bertz CT molecular complexity index is 1320. The lowest BCUT2D eigenvalue weighted by Crippen LogP contribution is -2.31. The molecular weight excluding hydrogens is 418 g/mol. The average molecular weight is 446 g/mol. The van der Waals surface area contributed by atoms with Gasteiger partial charge in [0, 0.05) is 46.5 Å². The van der Waals surface area contributed by atoms with Gasteiger partial charge in [0.15, 0.2) is 0 Å². The lowest BCUT2D eigenvalue weighted by Gasteiger charge is -2.19. The Labute approximate surface area is 191 Å². The first-order valence-electron chi connectivity index (χ1n) is 10.9. The van der Waals surface area contributed by atoms with E-state index in [1.54, 1.807) is 0 Å². The number of benzene rings is 2. The number of aromatic nitrogens is 2. The highest BCUT2D eigenvalue weighted by Crippen LogP contribution is 2.33. The highest BCUT2D eigenvalue weighted by Gasteiger charge is 2.26. The van der Waals surface area contributed by atoms with Crippen LogP contribution >= 0.6 is 11.3 Å². The average Bonchev–Trinajstić information content (AvgIpc) is 3.39. The predicted molar refractivity (Wildman–Crippen MR) is 132 cm³/mol. The second-order valence-corrected chi connectivity index (χ2v) is 10.6. The van der Waals surface area contributed by atoms with Crippen molar-refractivity contribution in [2.45, 2.75) is 38.6 Å². The first kappa shape index (κ1) is 20.8. The van der Waals surface area contributed by atoms with Crippen molar-refractivity contribution in [3.8, 4) is 0 Å². The molecule has 2 aromatic heterocycles. The van der Waals surface area contributed by atoms with E-state index in [1.165, 1.54) is 16.9 Å². The topological polar surface area (TPSA) is 84.1 Å². The normalized spacial score (nSPS) is 16.8. The lowest BCUT2D eigenvalue weighted by atomic mass is 9.87. The van der Waals surface area contributed by atoms with Crippen LogP contribution in [0.4, 0.5) is 11.6 Å². The second-order valence-electron chi connectivity index (χ2n) is 9.48. The molecule has 0 saturated carbocycles. The summed E-state index contributed by atoms with van der Waals surface area (Å²) >= 11 is 1.51. The Morgan fingerprint density at radius 1 is 1.22 bits per heavy atom. The summed E-state index contributed by atoms with van der Waals surface area (Å²) in [6, 6.07) is 14.4. The molecule has 1 aliphatic heterocycles. The Morgan fingerprint density at radius 3 is 2.81 bits per heavy atom. The highest BCUT2D eigenvalue weighted by molar-refractivity contribution is 7.21. The number of nitrogens with one attached hydrogen (secondary N) is 1. The fourth-order valence-electron chi connectivity index (χ4n) is 4.09. The van der Waals surface area contributed by atoms with Crippen molar-refractivity contribution in [3.63, 3.8) is 0 Å². The maximum atomic E-state index is 13.0. The van der Waals surface area contributed by atoms with Gasteiger partial charge in [-0.2, -0.15) is 0 Å². The molecule has 0 aliphatic carbocycles. The fraction of sp³-hybridized carbons (Fsp3) is 0.320. The summed E-state index contributed by atoms with van der Waals surface area (Å²) in [5, 5.41) is 5.27. The van der Waals surface area contributed by atoms with Crippen LogP contribution in [-0.4, -0.2) is 39.9 Å². The standard InChI is InChI=1S/C25H27N5OS/c1-25(2,3)16-5-4-6-18(11-16)28-24-27-13-15-7-8-20-19(22(15)29-24)12-21(32-20)23(31)30-10-9-17(26)14-30/h4-8,11-13,17H,9-10,14,26H2,1-3H3,(H,27,28,29)/t17-/m1/s1. The number of nitrogens with zero attached hydrogens (tertiary/aromatic N) is 3. The third kappa shape index (κ3) is 3.94. The second kappa shape index (κ2) is 7.83. The van der Waals surface area contributed by atoms with E-state index in [0.717, 1.165) is 44.5 Å². The van der Waals surface area contributed by atoms with Crippen molar-refractivity contribution in [2.75, 3.05) is 18.4 Å². The molecule has 3 N–H and O–H groups in total. The predicted octanol–water partition coefficient (Wildman–Crippen LogP) is 5.06. The maximum Gasteiger partial charge on any atom is 0.264 e. The van der Waals surface area contributed by atoms with Crippen molar-refractivity contribution >= 4 is 49.9 Å². The smallest absolute Gasteiger partial charge is 0.264 e. The summed E-state index contributed by atoms with van der Waals surface area (Å²) in [7, 11) is 0. The van der Waals surface area contributed by atoms with Crippen LogP contribution in [0.15, 0.2) is 48.7 Å². The molecule has 2 aromatic carbocycles. The van der Waals surface area contributed by atoms with Crippen molar-refractivity contribution in [3.05, 3.63) is 59.1 Å². The van der Waals surface area contributed by atoms with Crippen molar-refractivity contribution < 1.29 is 4.79 Å². The van der Waals surface area contributed by atoms with Gasteiger partial charge >= 0.3 is 0 Å². The van der Waals surface area contributed by atoms with Gasteiger partial charge in [0.25, 0.3) is 5.91 Å². The molecular formula is C25H27N5OS. The van der Waals surface area contributed by atoms with E-state index in [0.29, 0.717) is 12.5 Å². The molecule has 1 amide bonds. The van der Waals surface area contributed by atoms with Crippen LogP contribution in [-0.2, 0) is 5.41 Å². The number of rotatable bonds is 3. The molecule has 0 bridgehead atoms. The number of thiophene rings is 1. The van der Waals surface area contributed by atoms with E-state index in [1.807, 2.05) is 41.4 Å². The molecule has 3 heterocycles. The SMILES string of the molecule is CC(C)(C)c1cccc(Nc2ncc3ccc4sc(C(=O)N5CC[C@@H](N)C5)cc4c3n2)c1. The number of hydrogen-bond donors (Lipinski definition) is 2. The molecule has 1 aliphatic rings. The molecule has 5 rings (SSSR count). The van der Waals surface area contributed by atoms with Crippen molar-refractivity contribution in [1.82, 2.24) is 14.9 Å². The Morgan fingerprint density at radius 2 is 2.06 bits per heavy atom. The Hall–Kier alpha value is -3.03. The fourth-order valence-corrected chi connectivity index (χ4v) is 5.13. The van der Waals surface area contributed by atoms with Crippen LogP contribution in [0.2, 0.25) is 0 Å². The number of nitrogens with two attached hydrogens (primary N) is 1. The molecule has 4 aromatic rings. The van der Waals surface area contributed by atoms with E-state index in [-0.39, 0.29) is 17.4 Å². The van der Waals surface area contributed by atoms with Crippen LogP contribution in [0.1, 0.15) is 42.4 Å². The highest BCUT2D eigenvalue weighted by atomic mass is 32.1. The molecule has 32 heavy (non-hydrogen) atoms. The zero-order chi connectivity index (χ0) is 22.5. The number of fused-ring (bicyclic) bond motifs is 3. The molecule has 0 radical (unpaired) electrons. The molecule has 1 fully saturated rings. The number of amides is 1. The minimum absolute atomic E-state index is 0.0544. The van der Waals surface area contributed by atoms with Gasteiger partial charge in [0.05, 0.1) is 10.4 Å². The third-order valence-electron chi connectivity index (χ3n) is 5.95. The van der Waals surface area contributed by atoms with Gasteiger partial charge in [-0.15, -0.1) is 11.3 Å². The summed E-state index contributed by atoms with van der Waals surface area (Å²) in [6.45, 7) is 7.93.